The molecule has 0 fully saturated rings. The zero-order valence-corrected chi connectivity index (χ0v) is 10.0. The van der Waals surface area contributed by atoms with Crippen molar-refractivity contribution in [2.45, 2.75) is 6.54 Å². The Bertz CT molecular complexity index is 435. The largest absolute Gasteiger partial charge is 0.361 e. The Balaban J connectivity index is 2.77. The minimum atomic E-state index is -0.984. The summed E-state index contributed by atoms with van der Waals surface area (Å²) in [5.41, 5.74) is 5.64. The first kappa shape index (κ1) is 12.8. The number of hydrogen-bond donors (Lipinski definition) is 1. The fourth-order valence-electron chi connectivity index (χ4n) is 1.17. The molecule has 1 aromatic rings. The molecule has 86 valence electrons. The van der Waals surface area contributed by atoms with Gasteiger partial charge in [0.25, 0.3) is 0 Å². The van der Waals surface area contributed by atoms with E-state index in [0.29, 0.717) is 10.0 Å². The fourth-order valence-corrected chi connectivity index (χ4v) is 1.49. The van der Waals surface area contributed by atoms with Gasteiger partial charge in [0.1, 0.15) is 0 Å². The van der Waals surface area contributed by atoms with Crippen molar-refractivity contribution in [1.82, 2.24) is 4.90 Å². The van der Waals surface area contributed by atoms with E-state index in [1.54, 1.807) is 18.2 Å². The Kier molecular flexibility index (Phi) is 4.15. The molecule has 4 nitrogen and oxygen atoms in total. The summed E-state index contributed by atoms with van der Waals surface area (Å²) < 4.78 is 0. The number of carbonyl (C=O) groups excluding carboxylic acids is 2. The van der Waals surface area contributed by atoms with Crippen molar-refractivity contribution in [3.63, 3.8) is 0 Å². The minimum absolute atomic E-state index is 0.249. The molecule has 0 saturated carbocycles. The van der Waals surface area contributed by atoms with E-state index in [2.05, 4.69) is 0 Å². The normalized spacial score (nSPS) is 9.94. The second-order valence-electron chi connectivity index (χ2n) is 3.27. The second-order valence-corrected chi connectivity index (χ2v) is 4.09. The number of carbonyl (C=O) groups is 2. The summed E-state index contributed by atoms with van der Waals surface area (Å²) in [5, 5.41) is 0.841. The number of primary amides is 1. The maximum atomic E-state index is 11.2. The maximum Gasteiger partial charge on any atom is 0.311 e. The molecular formula is C10H10Cl2N2O2. The van der Waals surface area contributed by atoms with Crippen LogP contribution < -0.4 is 5.73 Å². The highest BCUT2D eigenvalue weighted by Crippen LogP contribution is 2.23. The molecule has 0 saturated heterocycles. The monoisotopic (exact) mass is 260 g/mol. The lowest BCUT2D eigenvalue weighted by atomic mass is 10.2. The lowest BCUT2D eigenvalue weighted by Crippen LogP contribution is -2.37. The van der Waals surface area contributed by atoms with Crippen LogP contribution in [0.2, 0.25) is 10.0 Å². The average Bonchev–Trinajstić information content (AvgIpc) is 2.22. The number of halogens is 2. The summed E-state index contributed by atoms with van der Waals surface area (Å²) >= 11 is 11.6. The summed E-state index contributed by atoms with van der Waals surface area (Å²) in [5.74, 6) is -1.73. The van der Waals surface area contributed by atoms with E-state index in [4.69, 9.17) is 28.9 Å². The van der Waals surface area contributed by atoms with E-state index in [1.807, 2.05) is 0 Å². The SMILES string of the molecule is CN(Cc1ccc(Cl)c(Cl)c1)C(=O)C(N)=O. The molecule has 2 N–H and O–H groups in total. The van der Waals surface area contributed by atoms with Crippen molar-refractivity contribution >= 4 is 35.0 Å². The molecule has 0 atom stereocenters. The van der Waals surface area contributed by atoms with Gasteiger partial charge in [-0.25, -0.2) is 0 Å². The van der Waals surface area contributed by atoms with Gasteiger partial charge in [-0.1, -0.05) is 29.3 Å². The van der Waals surface area contributed by atoms with Crippen molar-refractivity contribution in [3.8, 4) is 0 Å². The van der Waals surface area contributed by atoms with Gasteiger partial charge in [0.05, 0.1) is 10.0 Å². The van der Waals surface area contributed by atoms with Gasteiger partial charge in [0, 0.05) is 13.6 Å². The first-order valence-electron chi connectivity index (χ1n) is 4.40. The topological polar surface area (TPSA) is 63.4 Å². The highest BCUT2D eigenvalue weighted by atomic mass is 35.5. The van der Waals surface area contributed by atoms with Crippen LogP contribution >= 0.6 is 23.2 Å². The molecule has 0 radical (unpaired) electrons. The third-order valence-corrected chi connectivity index (χ3v) is 2.70. The molecule has 0 aliphatic rings. The van der Waals surface area contributed by atoms with E-state index in [0.717, 1.165) is 5.56 Å². The molecule has 0 aromatic heterocycles. The molecule has 1 rings (SSSR count). The van der Waals surface area contributed by atoms with E-state index >= 15 is 0 Å². The van der Waals surface area contributed by atoms with Crippen LogP contribution in [0, 0.1) is 0 Å². The van der Waals surface area contributed by atoms with Crippen molar-refractivity contribution in [1.29, 1.82) is 0 Å². The summed E-state index contributed by atoms with van der Waals surface area (Å²) in [6.45, 7) is 0.249. The molecule has 0 aliphatic carbocycles. The number of benzene rings is 1. The Morgan fingerprint density at radius 2 is 1.94 bits per heavy atom. The van der Waals surface area contributed by atoms with Gasteiger partial charge in [0.2, 0.25) is 0 Å². The second kappa shape index (κ2) is 5.18. The minimum Gasteiger partial charge on any atom is -0.361 e. The van der Waals surface area contributed by atoms with Crippen molar-refractivity contribution in [2.75, 3.05) is 7.05 Å². The van der Waals surface area contributed by atoms with E-state index < -0.39 is 11.8 Å². The van der Waals surface area contributed by atoms with Crippen LogP contribution in [0.4, 0.5) is 0 Å². The fraction of sp³-hybridized carbons (Fsp3) is 0.200. The maximum absolute atomic E-state index is 11.2. The van der Waals surface area contributed by atoms with Crippen LogP contribution in [0.25, 0.3) is 0 Å². The highest BCUT2D eigenvalue weighted by molar-refractivity contribution is 6.42. The zero-order chi connectivity index (χ0) is 12.3. The third-order valence-electron chi connectivity index (χ3n) is 1.96. The Hall–Kier alpha value is -1.26. The van der Waals surface area contributed by atoms with Crippen molar-refractivity contribution < 1.29 is 9.59 Å². The van der Waals surface area contributed by atoms with Crippen LogP contribution in [-0.2, 0) is 16.1 Å². The molecule has 1 aromatic carbocycles. The molecular weight excluding hydrogens is 251 g/mol. The van der Waals surface area contributed by atoms with Crippen molar-refractivity contribution in [3.05, 3.63) is 33.8 Å². The predicted molar refractivity (Wildman–Crippen MR) is 62.1 cm³/mol. The Morgan fingerprint density at radius 3 is 2.44 bits per heavy atom. The predicted octanol–water partition coefficient (Wildman–Crippen LogP) is 1.44. The van der Waals surface area contributed by atoms with Gasteiger partial charge in [-0.2, -0.15) is 0 Å². The van der Waals surface area contributed by atoms with E-state index in [-0.39, 0.29) is 6.54 Å². The number of nitrogens with two attached hydrogens (primary N) is 1. The summed E-state index contributed by atoms with van der Waals surface area (Å²) in [7, 11) is 1.48. The average molecular weight is 261 g/mol. The lowest BCUT2D eigenvalue weighted by molar-refractivity contribution is -0.143. The van der Waals surface area contributed by atoms with Crippen LogP contribution in [-0.4, -0.2) is 23.8 Å². The van der Waals surface area contributed by atoms with Crippen LogP contribution in [0.3, 0.4) is 0 Å². The standard InChI is InChI=1S/C10H10Cl2N2O2/c1-14(10(16)9(13)15)5-6-2-3-7(11)8(12)4-6/h2-4H,5H2,1H3,(H2,13,15). The number of nitrogens with zero attached hydrogens (tertiary/aromatic N) is 1. The van der Waals surface area contributed by atoms with Crippen molar-refractivity contribution in [2.24, 2.45) is 5.73 Å². The molecule has 2 amide bonds. The smallest absolute Gasteiger partial charge is 0.311 e. The molecule has 0 unspecified atom stereocenters. The van der Waals surface area contributed by atoms with Gasteiger partial charge in [-0.3, -0.25) is 9.59 Å². The molecule has 0 aliphatic heterocycles. The van der Waals surface area contributed by atoms with Gasteiger partial charge in [-0.05, 0) is 17.7 Å². The molecule has 6 heteroatoms. The van der Waals surface area contributed by atoms with Crippen LogP contribution in [0.5, 0.6) is 0 Å². The number of amides is 2. The van der Waals surface area contributed by atoms with E-state index in [9.17, 15) is 9.59 Å². The highest BCUT2D eigenvalue weighted by Gasteiger charge is 2.15. The number of rotatable bonds is 2. The summed E-state index contributed by atoms with van der Waals surface area (Å²) in [6, 6.07) is 4.98. The first-order valence-corrected chi connectivity index (χ1v) is 5.16. The molecule has 0 spiro atoms. The van der Waals surface area contributed by atoms with E-state index in [1.165, 1.54) is 11.9 Å². The first-order chi connectivity index (χ1) is 7.41. The molecule has 0 heterocycles. The lowest BCUT2D eigenvalue weighted by Gasteiger charge is -2.15. The van der Waals surface area contributed by atoms with Crippen LogP contribution in [0.1, 0.15) is 5.56 Å². The Labute approximate surface area is 103 Å². The summed E-state index contributed by atoms with van der Waals surface area (Å²) in [4.78, 5) is 23.0. The number of likely N-dealkylation sites (N-methyl/N-ethyl adjacent to an activating group) is 1. The third kappa shape index (κ3) is 3.12. The van der Waals surface area contributed by atoms with Crippen LogP contribution in [0.15, 0.2) is 18.2 Å². The van der Waals surface area contributed by atoms with Gasteiger partial charge in [0.15, 0.2) is 0 Å². The number of hydrogen-bond acceptors (Lipinski definition) is 2. The Morgan fingerprint density at radius 1 is 1.31 bits per heavy atom. The zero-order valence-electron chi connectivity index (χ0n) is 8.54. The van der Waals surface area contributed by atoms with Gasteiger partial charge < -0.3 is 10.6 Å². The van der Waals surface area contributed by atoms with Gasteiger partial charge in [-0.15, -0.1) is 0 Å². The molecule has 16 heavy (non-hydrogen) atoms. The van der Waals surface area contributed by atoms with Gasteiger partial charge >= 0.3 is 11.8 Å². The quantitative estimate of drug-likeness (QED) is 0.818. The molecule has 0 bridgehead atoms. The summed E-state index contributed by atoms with van der Waals surface area (Å²) in [6.07, 6.45) is 0.